The van der Waals surface area contributed by atoms with Gasteiger partial charge in [-0.25, -0.2) is 0 Å². The lowest BCUT2D eigenvalue weighted by Gasteiger charge is -2.14. The summed E-state index contributed by atoms with van der Waals surface area (Å²) in [6.07, 6.45) is 0. The van der Waals surface area contributed by atoms with Gasteiger partial charge in [-0.3, -0.25) is 0 Å². The fraction of sp³-hybridized carbons (Fsp3) is 0.200. The molecule has 0 spiro atoms. The maximum absolute atomic E-state index is 5.96. The van der Waals surface area contributed by atoms with Gasteiger partial charge >= 0.3 is 0 Å². The number of methoxy groups -OCH3 is 1. The van der Waals surface area contributed by atoms with E-state index in [0.29, 0.717) is 23.8 Å². The highest BCUT2D eigenvalue weighted by atomic mass is 16.5. The van der Waals surface area contributed by atoms with E-state index in [2.05, 4.69) is 0 Å². The smallest absolute Gasteiger partial charge is 0.184 e. The Morgan fingerprint density at radius 1 is 1.11 bits per heavy atom. The van der Waals surface area contributed by atoms with Crippen LogP contribution in [0.4, 0.5) is 5.69 Å². The second-order valence-electron chi connectivity index (χ2n) is 4.16. The quantitative estimate of drug-likeness (QED) is 0.839. The van der Waals surface area contributed by atoms with Gasteiger partial charge in [0.15, 0.2) is 11.5 Å². The van der Waals surface area contributed by atoms with Gasteiger partial charge < -0.3 is 15.2 Å². The topological polar surface area (TPSA) is 44.5 Å². The summed E-state index contributed by atoms with van der Waals surface area (Å²) in [5.74, 6) is 1.27. The first kappa shape index (κ1) is 12.3. The van der Waals surface area contributed by atoms with Crippen molar-refractivity contribution in [1.82, 2.24) is 0 Å². The molecule has 0 aliphatic heterocycles. The zero-order chi connectivity index (χ0) is 13.0. The molecule has 0 aromatic heterocycles. The van der Waals surface area contributed by atoms with E-state index in [9.17, 15) is 0 Å². The first-order valence-corrected chi connectivity index (χ1v) is 5.81. The number of hydrogen-bond acceptors (Lipinski definition) is 3. The molecular weight excluding hydrogens is 226 g/mol. The molecule has 3 heteroatoms. The van der Waals surface area contributed by atoms with Gasteiger partial charge in [-0.15, -0.1) is 0 Å². The molecule has 0 saturated heterocycles. The predicted molar refractivity (Wildman–Crippen MR) is 72.9 cm³/mol. The number of anilines is 1. The van der Waals surface area contributed by atoms with E-state index < -0.39 is 0 Å². The highest BCUT2D eigenvalue weighted by Gasteiger charge is 2.09. The number of nitrogens with two attached hydrogens (primary N) is 1. The zero-order valence-electron chi connectivity index (χ0n) is 10.6. The maximum atomic E-state index is 5.96. The number of aryl methyl sites for hydroxylation is 1. The van der Waals surface area contributed by atoms with Crippen LogP contribution < -0.4 is 15.2 Å². The summed E-state index contributed by atoms with van der Waals surface area (Å²) in [4.78, 5) is 0. The minimum absolute atomic E-state index is 0.477. The normalized spacial score (nSPS) is 10.1. The molecule has 2 rings (SSSR count). The molecule has 0 radical (unpaired) electrons. The Balaban J connectivity index is 2.19. The SMILES string of the molecule is COc1cc(C)cc(N)c1OCc1ccccc1. The summed E-state index contributed by atoms with van der Waals surface area (Å²) in [5, 5.41) is 0. The van der Waals surface area contributed by atoms with Gasteiger partial charge in [0.05, 0.1) is 12.8 Å². The lowest BCUT2D eigenvalue weighted by Crippen LogP contribution is -2.01. The molecule has 2 aromatic carbocycles. The summed E-state index contributed by atoms with van der Waals surface area (Å²) in [7, 11) is 1.61. The second kappa shape index (κ2) is 5.45. The largest absolute Gasteiger partial charge is 0.493 e. The van der Waals surface area contributed by atoms with Gasteiger partial charge in [-0.05, 0) is 30.2 Å². The summed E-state index contributed by atoms with van der Waals surface area (Å²) < 4.78 is 11.0. The van der Waals surface area contributed by atoms with Crippen molar-refractivity contribution in [2.75, 3.05) is 12.8 Å². The van der Waals surface area contributed by atoms with Crippen molar-refractivity contribution in [3.05, 3.63) is 53.6 Å². The summed E-state index contributed by atoms with van der Waals surface area (Å²) in [6.45, 7) is 2.45. The zero-order valence-corrected chi connectivity index (χ0v) is 10.6. The van der Waals surface area contributed by atoms with Crippen molar-refractivity contribution < 1.29 is 9.47 Å². The van der Waals surface area contributed by atoms with Crippen molar-refractivity contribution in [1.29, 1.82) is 0 Å². The first-order chi connectivity index (χ1) is 8.70. The summed E-state index contributed by atoms with van der Waals surface area (Å²) in [5.41, 5.74) is 8.71. The second-order valence-corrected chi connectivity index (χ2v) is 4.16. The van der Waals surface area contributed by atoms with Crippen molar-refractivity contribution in [3.8, 4) is 11.5 Å². The van der Waals surface area contributed by atoms with E-state index in [4.69, 9.17) is 15.2 Å². The van der Waals surface area contributed by atoms with Crippen molar-refractivity contribution in [3.63, 3.8) is 0 Å². The highest BCUT2D eigenvalue weighted by Crippen LogP contribution is 2.35. The van der Waals surface area contributed by atoms with Crippen LogP contribution in [0, 0.1) is 6.92 Å². The van der Waals surface area contributed by atoms with E-state index in [-0.39, 0.29) is 0 Å². The fourth-order valence-electron chi connectivity index (χ4n) is 1.80. The minimum Gasteiger partial charge on any atom is -0.493 e. The van der Waals surface area contributed by atoms with Crippen molar-refractivity contribution in [2.45, 2.75) is 13.5 Å². The molecule has 0 atom stereocenters. The van der Waals surface area contributed by atoms with Gasteiger partial charge in [0.25, 0.3) is 0 Å². The molecule has 0 aliphatic rings. The van der Waals surface area contributed by atoms with Crippen LogP contribution in [0.5, 0.6) is 11.5 Å². The monoisotopic (exact) mass is 243 g/mol. The molecule has 0 saturated carbocycles. The summed E-state index contributed by atoms with van der Waals surface area (Å²) in [6, 6.07) is 13.8. The standard InChI is InChI=1S/C15H17NO2/c1-11-8-13(16)15(14(9-11)17-2)18-10-12-6-4-3-5-7-12/h3-9H,10,16H2,1-2H3. The first-order valence-electron chi connectivity index (χ1n) is 5.81. The number of hydrogen-bond donors (Lipinski definition) is 1. The molecule has 2 aromatic rings. The Hall–Kier alpha value is -2.16. The molecule has 0 bridgehead atoms. The fourth-order valence-corrected chi connectivity index (χ4v) is 1.80. The molecule has 2 N–H and O–H groups in total. The third kappa shape index (κ3) is 2.74. The molecule has 18 heavy (non-hydrogen) atoms. The van der Waals surface area contributed by atoms with E-state index in [1.165, 1.54) is 0 Å². The number of benzene rings is 2. The lowest BCUT2D eigenvalue weighted by atomic mass is 10.2. The minimum atomic E-state index is 0.477. The molecule has 3 nitrogen and oxygen atoms in total. The van der Waals surface area contributed by atoms with Crippen LogP contribution in [0.15, 0.2) is 42.5 Å². The van der Waals surface area contributed by atoms with Crippen LogP contribution in [0.2, 0.25) is 0 Å². The summed E-state index contributed by atoms with van der Waals surface area (Å²) >= 11 is 0. The van der Waals surface area contributed by atoms with Gasteiger partial charge in [0.1, 0.15) is 6.61 Å². The Kier molecular flexibility index (Phi) is 3.72. The molecule has 0 fully saturated rings. The van der Waals surface area contributed by atoms with Gasteiger partial charge in [-0.1, -0.05) is 30.3 Å². The van der Waals surface area contributed by atoms with E-state index in [1.54, 1.807) is 7.11 Å². The van der Waals surface area contributed by atoms with E-state index in [1.807, 2.05) is 49.4 Å². The van der Waals surface area contributed by atoms with Gasteiger partial charge in [0.2, 0.25) is 0 Å². The lowest BCUT2D eigenvalue weighted by molar-refractivity contribution is 0.286. The van der Waals surface area contributed by atoms with Crippen LogP contribution in [0.3, 0.4) is 0 Å². The number of ether oxygens (including phenoxy) is 2. The molecule has 0 heterocycles. The predicted octanol–water partition coefficient (Wildman–Crippen LogP) is 3.16. The van der Waals surface area contributed by atoms with Crippen LogP contribution in [0.1, 0.15) is 11.1 Å². The van der Waals surface area contributed by atoms with Gasteiger partial charge in [0, 0.05) is 0 Å². The van der Waals surface area contributed by atoms with E-state index in [0.717, 1.165) is 11.1 Å². The van der Waals surface area contributed by atoms with Crippen molar-refractivity contribution >= 4 is 5.69 Å². The Labute approximate surface area is 107 Å². The third-order valence-electron chi connectivity index (χ3n) is 2.67. The maximum Gasteiger partial charge on any atom is 0.184 e. The van der Waals surface area contributed by atoms with E-state index >= 15 is 0 Å². The average molecular weight is 243 g/mol. The number of nitrogen functional groups attached to an aromatic ring is 1. The van der Waals surface area contributed by atoms with Gasteiger partial charge in [-0.2, -0.15) is 0 Å². The van der Waals surface area contributed by atoms with Crippen LogP contribution in [-0.4, -0.2) is 7.11 Å². The third-order valence-corrected chi connectivity index (χ3v) is 2.67. The molecule has 0 unspecified atom stereocenters. The molecule has 94 valence electrons. The van der Waals surface area contributed by atoms with Crippen LogP contribution in [0.25, 0.3) is 0 Å². The molecule has 0 aliphatic carbocycles. The number of rotatable bonds is 4. The molecular formula is C15H17NO2. The van der Waals surface area contributed by atoms with Crippen LogP contribution in [-0.2, 0) is 6.61 Å². The van der Waals surface area contributed by atoms with Crippen molar-refractivity contribution in [2.24, 2.45) is 0 Å². The average Bonchev–Trinajstić information content (AvgIpc) is 2.38. The Morgan fingerprint density at radius 2 is 1.83 bits per heavy atom. The molecule has 0 amide bonds. The Bertz CT molecular complexity index is 524. The highest BCUT2D eigenvalue weighted by molar-refractivity contribution is 5.62. The van der Waals surface area contributed by atoms with Crippen LogP contribution >= 0.6 is 0 Å². The Morgan fingerprint density at radius 3 is 2.50 bits per heavy atom.